The fourth-order valence-electron chi connectivity index (χ4n) is 2.23. The molecular weight excluding hydrogens is 246 g/mol. The Morgan fingerprint density at radius 2 is 2.17 bits per heavy atom. The number of halogens is 1. The lowest BCUT2D eigenvalue weighted by Crippen LogP contribution is -2.55. The highest BCUT2D eigenvalue weighted by molar-refractivity contribution is 5.85. The minimum atomic E-state index is 0. The Morgan fingerprint density at radius 3 is 2.89 bits per heavy atom. The maximum atomic E-state index is 4.34. The SMILES string of the molecule is CN(Cc1ccc2ncccc2c1)C1CNC1.Cl. The topological polar surface area (TPSA) is 28.2 Å². The van der Waals surface area contributed by atoms with Crippen LogP contribution in [0.3, 0.4) is 0 Å². The third-order valence-corrected chi connectivity index (χ3v) is 3.48. The van der Waals surface area contributed by atoms with E-state index in [1.807, 2.05) is 12.3 Å². The number of aromatic nitrogens is 1. The molecule has 1 fully saturated rings. The van der Waals surface area contributed by atoms with Crippen molar-refractivity contribution in [1.82, 2.24) is 15.2 Å². The van der Waals surface area contributed by atoms with Crippen molar-refractivity contribution in [2.24, 2.45) is 0 Å². The summed E-state index contributed by atoms with van der Waals surface area (Å²) in [5.41, 5.74) is 2.43. The lowest BCUT2D eigenvalue weighted by Gasteiger charge is -2.35. The van der Waals surface area contributed by atoms with Crippen molar-refractivity contribution in [1.29, 1.82) is 0 Å². The monoisotopic (exact) mass is 263 g/mol. The van der Waals surface area contributed by atoms with Gasteiger partial charge in [0.05, 0.1) is 5.52 Å². The fourth-order valence-corrected chi connectivity index (χ4v) is 2.23. The summed E-state index contributed by atoms with van der Waals surface area (Å²) in [5.74, 6) is 0. The zero-order valence-electron chi connectivity index (χ0n) is 10.5. The van der Waals surface area contributed by atoms with E-state index in [0.717, 1.165) is 25.2 Å². The molecule has 0 bridgehead atoms. The average Bonchev–Trinajstić information content (AvgIpc) is 2.26. The van der Waals surface area contributed by atoms with Gasteiger partial charge in [0.15, 0.2) is 0 Å². The van der Waals surface area contributed by atoms with Crippen LogP contribution in [-0.4, -0.2) is 36.1 Å². The van der Waals surface area contributed by atoms with Gasteiger partial charge in [0.2, 0.25) is 0 Å². The molecule has 3 rings (SSSR count). The molecule has 1 N–H and O–H groups in total. The summed E-state index contributed by atoms with van der Waals surface area (Å²) < 4.78 is 0. The molecular formula is C14H18ClN3. The molecule has 1 aliphatic rings. The van der Waals surface area contributed by atoms with Crippen molar-refractivity contribution < 1.29 is 0 Å². The van der Waals surface area contributed by atoms with Crippen LogP contribution >= 0.6 is 12.4 Å². The Bertz CT molecular complexity index is 525. The smallest absolute Gasteiger partial charge is 0.0702 e. The van der Waals surface area contributed by atoms with Crippen molar-refractivity contribution in [3.63, 3.8) is 0 Å². The number of nitrogens with zero attached hydrogens (tertiary/aromatic N) is 2. The molecule has 1 aliphatic heterocycles. The number of rotatable bonds is 3. The third kappa shape index (κ3) is 2.64. The van der Waals surface area contributed by atoms with Crippen LogP contribution < -0.4 is 5.32 Å². The Morgan fingerprint density at radius 1 is 1.33 bits per heavy atom. The minimum Gasteiger partial charge on any atom is -0.314 e. The highest BCUT2D eigenvalue weighted by Gasteiger charge is 2.21. The Labute approximate surface area is 114 Å². The molecule has 3 nitrogen and oxygen atoms in total. The highest BCUT2D eigenvalue weighted by atomic mass is 35.5. The van der Waals surface area contributed by atoms with Gasteiger partial charge in [0.1, 0.15) is 0 Å². The summed E-state index contributed by atoms with van der Waals surface area (Å²) >= 11 is 0. The van der Waals surface area contributed by atoms with Crippen LogP contribution in [0.2, 0.25) is 0 Å². The van der Waals surface area contributed by atoms with E-state index >= 15 is 0 Å². The van der Waals surface area contributed by atoms with Gasteiger partial charge in [-0.25, -0.2) is 0 Å². The van der Waals surface area contributed by atoms with Gasteiger partial charge in [-0.15, -0.1) is 12.4 Å². The Kier molecular flexibility index (Phi) is 4.17. The van der Waals surface area contributed by atoms with Gasteiger partial charge in [-0.2, -0.15) is 0 Å². The molecule has 2 heterocycles. The van der Waals surface area contributed by atoms with Crippen molar-refractivity contribution in [2.45, 2.75) is 12.6 Å². The van der Waals surface area contributed by atoms with Crippen LogP contribution in [0.25, 0.3) is 10.9 Å². The molecule has 1 aromatic carbocycles. The summed E-state index contributed by atoms with van der Waals surface area (Å²) in [6.07, 6.45) is 1.84. The third-order valence-electron chi connectivity index (χ3n) is 3.48. The van der Waals surface area contributed by atoms with Gasteiger partial charge < -0.3 is 5.32 Å². The first-order valence-electron chi connectivity index (χ1n) is 6.07. The van der Waals surface area contributed by atoms with E-state index in [4.69, 9.17) is 0 Å². The molecule has 1 aromatic heterocycles. The second-order valence-corrected chi connectivity index (χ2v) is 4.76. The first-order valence-corrected chi connectivity index (χ1v) is 6.07. The second kappa shape index (κ2) is 5.65. The maximum absolute atomic E-state index is 4.34. The van der Waals surface area contributed by atoms with Gasteiger partial charge in [-0.1, -0.05) is 12.1 Å². The summed E-state index contributed by atoms with van der Waals surface area (Å²) in [6, 6.07) is 11.3. The van der Waals surface area contributed by atoms with Crippen molar-refractivity contribution in [3.05, 3.63) is 42.1 Å². The van der Waals surface area contributed by atoms with Crippen LogP contribution in [0.5, 0.6) is 0 Å². The number of hydrogen-bond acceptors (Lipinski definition) is 3. The van der Waals surface area contributed by atoms with Gasteiger partial charge in [-0.3, -0.25) is 9.88 Å². The first-order chi connectivity index (χ1) is 8.33. The molecule has 0 spiro atoms. The van der Waals surface area contributed by atoms with E-state index in [-0.39, 0.29) is 12.4 Å². The van der Waals surface area contributed by atoms with E-state index in [1.54, 1.807) is 0 Å². The van der Waals surface area contributed by atoms with Crippen LogP contribution in [0.4, 0.5) is 0 Å². The van der Waals surface area contributed by atoms with Crippen LogP contribution in [0, 0.1) is 0 Å². The molecule has 0 radical (unpaired) electrons. The van der Waals surface area contributed by atoms with Gasteiger partial charge in [-0.05, 0) is 30.8 Å². The zero-order valence-corrected chi connectivity index (χ0v) is 11.3. The van der Waals surface area contributed by atoms with Crippen LogP contribution in [0.15, 0.2) is 36.5 Å². The van der Waals surface area contributed by atoms with E-state index in [2.05, 4.69) is 46.5 Å². The zero-order chi connectivity index (χ0) is 11.7. The quantitative estimate of drug-likeness (QED) is 0.919. The number of pyridine rings is 1. The number of hydrogen-bond donors (Lipinski definition) is 1. The van der Waals surface area contributed by atoms with Gasteiger partial charge >= 0.3 is 0 Å². The summed E-state index contributed by atoms with van der Waals surface area (Å²) in [7, 11) is 2.19. The summed E-state index contributed by atoms with van der Waals surface area (Å²) in [6.45, 7) is 3.24. The normalized spacial score (nSPS) is 15.4. The number of nitrogens with one attached hydrogen (secondary N) is 1. The lowest BCUT2D eigenvalue weighted by atomic mass is 10.1. The van der Waals surface area contributed by atoms with Crippen molar-refractivity contribution >= 4 is 23.3 Å². The van der Waals surface area contributed by atoms with E-state index in [0.29, 0.717) is 6.04 Å². The van der Waals surface area contributed by atoms with Gasteiger partial charge in [0.25, 0.3) is 0 Å². The molecule has 2 aromatic rings. The van der Waals surface area contributed by atoms with E-state index in [9.17, 15) is 0 Å². The second-order valence-electron chi connectivity index (χ2n) is 4.76. The fraction of sp³-hybridized carbons (Fsp3) is 0.357. The first kappa shape index (κ1) is 13.3. The molecule has 0 unspecified atom stereocenters. The van der Waals surface area contributed by atoms with Crippen molar-refractivity contribution in [2.75, 3.05) is 20.1 Å². The molecule has 0 aliphatic carbocycles. The molecule has 4 heteroatoms. The number of likely N-dealkylation sites (N-methyl/N-ethyl adjacent to an activating group) is 1. The van der Waals surface area contributed by atoms with E-state index in [1.165, 1.54) is 10.9 Å². The lowest BCUT2D eigenvalue weighted by molar-refractivity contribution is 0.173. The molecule has 0 saturated carbocycles. The van der Waals surface area contributed by atoms with Crippen molar-refractivity contribution in [3.8, 4) is 0 Å². The Balaban J connectivity index is 0.00000120. The van der Waals surface area contributed by atoms with Crippen LogP contribution in [-0.2, 0) is 6.54 Å². The number of fused-ring (bicyclic) bond motifs is 1. The molecule has 96 valence electrons. The van der Waals surface area contributed by atoms with E-state index < -0.39 is 0 Å². The maximum Gasteiger partial charge on any atom is 0.0702 e. The van der Waals surface area contributed by atoms with Crippen LogP contribution in [0.1, 0.15) is 5.56 Å². The van der Waals surface area contributed by atoms with Gasteiger partial charge in [0, 0.05) is 37.3 Å². The molecule has 18 heavy (non-hydrogen) atoms. The highest BCUT2D eigenvalue weighted by Crippen LogP contribution is 2.15. The summed E-state index contributed by atoms with van der Waals surface area (Å²) in [4.78, 5) is 6.75. The predicted molar refractivity (Wildman–Crippen MR) is 77.1 cm³/mol. The Hall–Kier alpha value is -1.16. The summed E-state index contributed by atoms with van der Waals surface area (Å²) in [5, 5.41) is 4.53. The predicted octanol–water partition coefficient (Wildman–Crippen LogP) is 2.06. The largest absolute Gasteiger partial charge is 0.314 e. The number of benzene rings is 1. The standard InChI is InChI=1S/C14H17N3.ClH/c1-17(13-8-15-9-13)10-11-4-5-14-12(7-11)3-2-6-16-14;/h2-7,13,15H,8-10H2,1H3;1H. The minimum absolute atomic E-state index is 0. The average molecular weight is 264 g/mol. The molecule has 1 saturated heterocycles. The molecule has 0 amide bonds. The molecule has 0 atom stereocenters.